The van der Waals surface area contributed by atoms with Gasteiger partial charge in [-0.1, -0.05) is 31.0 Å². The van der Waals surface area contributed by atoms with E-state index in [2.05, 4.69) is 40.6 Å². The largest absolute Gasteiger partial charge is 0.357 e. The molecule has 2 nitrogen and oxygen atoms in total. The summed E-state index contributed by atoms with van der Waals surface area (Å²) in [5.74, 6) is 0. The number of benzene rings is 1. The summed E-state index contributed by atoms with van der Waals surface area (Å²) < 4.78 is 0. The monoisotopic (exact) mass is 214 g/mol. The second-order valence-corrected chi connectivity index (χ2v) is 4.67. The van der Waals surface area contributed by atoms with Crippen LogP contribution in [0, 0.1) is 0 Å². The number of aromatic nitrogens is 1. The molecule has 84 valence electrons. The SMILES string of the molecule is c1ccc2[nH]c(C3CCCCCN3)cc2c1. The third-order valence-electron chi connectivity index (χ3n) is 3.49. The van der Waals surface area contributed by atoms with E-state index in [-0.39, 0.29) is 0 Å². The van der Waals surface area contributed by atoms with Crippen LogP contribution in [0.25, 0.3) is 10.9 Å². The molecule has 0 aliphatic carbocycles. The van der Waals surface area contributed by atoms with Crippen LogP contribution in [-0.4, -0.2) is 11.5 Å². The van der Waals surface area contributed by atoms with Gasteiger partial charge in [0.25, 0.3) is 0 Å². The summed E-state index contributed by atoms with van der Waals surface area (Å²) >= 11 is 0. The Bertz CT molecular complexity index is 431. The minimum atomic E-state index is 0.523. The second-order valence-electron chi connectivity index (χ2n) is 4.67. The molecule has 2 N–H and O–H groups in total. The highest BCUT2D eigenvalue weighted by Gasteiger charge is 2.15. The van der Waals surface area contributed by atoms with Crippen molar-refractivity contribution in [3.8, 4) is 0 Å². The Kier molecular flexibility index (Phi) is 2.66. The van der Waals surface area contributed by atoms with Gasteiger partial charge in [-0.25, -0.2) is 0 Å². The third-order valence-corrected chi connectivity index (χ3v) is 3.49. The van der Waals surface area contributed by atoms with Crippen LogP contribution in [-0.2, 0) is 0 Å². The first-order chi connectivity index (χ1) is 7.93. The van der Waals surface area contributed by atoms with E-state index in [4.69, 9.17) is 0 Å². The molecule has 16 heavy (non-hydrogen) atoms. The summed E-state index contributed by atoms with van der Waals surface area (Å²) in [6.07, 6.45) is 5.28. The van der Waals surface area contributed by atoms with Gasteiger partial charge in [0, 0.05) is 17.3 Å². The van der Waals surface area contributed by atoms with Gasteiger partial charge < -0.3 is 10.3 Å². The van der Waals surface area contributed by atoms with E-state index in [0.29, 0.717) is 6.04 Å². The van der Waals surface area contributed by atoms with Crippen molar-refractivity contribution in [3.05, 3.63) is 36.0 Å². The molecule has 1 atom stereocenters. The zero-order valence-electron chi connectivity index (χ0n) is 9.50. The Morgan fingerprint density at radius 1 is 1.06 bits per heavy atom. The van der Waals surface area contributed by atoms with Gasteiger partial charge in [0.05, 0.1) is 0 Å². The molecule has 2 aromatic rings. The minimum absolute atomic E-state index is 0.523. The van der Waals surface area contributed by atoms with E-state index in [9.17, 15) is 0 Å². The molecule has 2 heterocycles. The van der Waals surface area contributed by atoms with Crippen LogP contribution in [0.3, 0.4) is 0 Å². The zero-order chi connectivity index (χ0) is 10.8. The average molecular weight is 214 g/mol. The maximum absolute atomic E-state index is 3.63. The van der Waals surface area contributed by atoms with E-state index >= 15 is 0 Å². The van der Waals surface area contributed by atoms with Crippen molar-refractivity contribution in [2.24, 2.45) is 0 Å². The van der Waals surface area contributed by atoms with Crippen LogP contribution in [0.1, 0.15) is 37.4 Å². The molecule has 0 radical (unpaired) electrons. The maximum atomic E-state index is 3.63. The number of H-pyrrole nitrogens is 1. The molecule has 3 rings (SSSR count). The Morgan fingerprint density at radius 3 is 2.94 bits per heavy atom. The van der Waals surface area contributed by atoms with Crippen molar-refractivity contribution in [1.29, 1.82) is 0 Å². The lowest BCUT2D eigenvalue weighted by molar-refractivity contribution is 0.525. The molecular weight excluding hydrogens is 196 g/mol. The molecule has 0 spiro atoms. The van der Waals surface area contributed by atoms with Gasteiger partial charge in [-0.3, -0.25) is 0 Å². The molecule has 1 aliphatic heterocycles. The smallest absolute Gasteiger partial charge is 0.0473 e. The van der Waals surface area contributed by atoms with Crippen molar-refractivity contribution in [2.75, 3.05) is 6.54 Å². The predicted octanol–water partition coefficient (Wildman–Crippen LogP) is 3.37. The maximum Gasteiger partial charge on any atom is 0.0473 e. The average Bonchev–Trinajstić information content (AvgIpc) is 2.56. The zero-order valence-corrected chi connectivity index (χ0v) is 9.50. The normalized spacial score (nSPS) is 22.1. The van der Waals surface area contributed by atoms with E-state index in [1.807, 2.05) is 0 Å². The van der Waals surface area contributed by atoms with Crippen molar-refractivity contribution in [1.82, 2.24) is 10.3 Å². The van der Waals surface area contributed by atoms with Gasteiger partial charge in [0.2, 0.25) is 0 Å². The first-order valence-electron chi connectivity index (χ1n) is 6.24. The Hall–Kier alpha value is -1.28. The third kappa shape index (κ3) is 1.85. The number of fused-ring (bicyclic) bond motifs is 1. The van der Waals surface area contributed by atoms with Gasteiger partial charge in [-0.15, -0.1) is 0 Å². The molecule has 1 aliphatic rings. The molecular formula is C14H18N2. The highest BCUT2D eigenvalue weighted by Crippen LogP contribution is 2.25. The molecule has 0 bridgehead atoms. The summed E-state index contributed by atoms with van der Waals surface area (Å²) in [7, 11) is 0. The van der Waals surface area contributed by atoms with Crippen molar-refractivity contribution in [3.63, 3.8) is 0 Å². The van der Waals surface area contributed by atoms with Crippen LogP contribution in [0.4, 0.5) is 0 Å². The predicted molar refractivity (Wildman–Crippen MR) is 67.5 cm³/mol. The summed E-state index contributed by atoms with van der Waals surface area (Å²) in [5, 5.41) is 4.95. The van der Waals surface area contributed by atoms with Gasteiger partial charge in [0.15, 0.2) is 0 Å². The number of para-hydroxylation sites is 1. The van der Waals surface area contributed by atoms with Gasteiger partial charge >= 0.3 is 0 Å². The molecule has 2 heteroatoms. The first-order valence-corrected chi connectivity index (χ1v) is 6.24. The standard InChI is InChI=1S/C14H18N2/c1-2-8-13(15-9-5-1)14-10-11-6-3-4-7-12(11)16-14/h3-4,6-7,10,13,15-16H,1-2,5,8-9H2. The van der Waals surface area contributed by atoms with E-state index in [1.165, 1.54) is 42.3 Å². The molecule has 0 saturated carbocycles. The second kappa shape index (κ2) is 4.30. The van der Waals surface area contributed by atoms with Crippen LogP contribution in [0.5, 0.6) is 0 Å². The van der Waals surface area contributed by atoms with Crippen molar-refractivity contribution < 1.29 is 0 Å². The molecule has 1 fully saturated rings. The van der Waals surface area contributed by atoms with E-state index < -0.39 is 0 Å². The van der Waals surface area contributed by atoms with Crippen molar-refractivity contribution >= 4 is 10.9 Å². The van der Waals surface area contributed by atoms with E-state index in [0.717, 1.165) is 6.54 Å². The fraction of sp³-hybridized carbons (Fsp3) is 0.429. The van der Waals surface area contributed by atoms with Crippen LogP contribution in [0.2, 0.25) is 0 Å². The number of aromatic amines is 1. The lowest BCUT2D eigenvalue weighted by atomic mass is 10.1. The van der Waals surface area contributed by atoms with E-state index in [1.54, 1.807) is 0 Å². The van der Waals surface area contributed by atoms with Crippen molar-refractivity contribution in [2.45, 2.75) is 31.7 Å². The fourth-order valence-corrected chi connectivity index (χ4v) is 2.58. The van der Waals surface area contributed by atoms with Gasteiger partial charge in [-0.05, 0) is 36.9 Å². The molecule has 1 aromatic heterocycles. The topological polar surface area (TPSA) is 27.8 Å². The molecule has 0 amide bonds. The Morgan fingerprint density at radius 2 is 2.00 bits per heavy atom. The first kappa shape index (κ1) is 9.91. The van der Waals surface area contributed by atoms with Crippen LogP contribution < -0.4 is 5.32 Å². The summed E-state index contributed by atoms with van der Waals surface area (Å²) in [5.41, 5.74) is 2.60. The number of nitrogens with one attached hydrogen (secondary N) is 2. The molecule has 1 aromatic carbocycles. The van der Waals surface area contributed by atoms with Crippen LogP contribution in [0.15, 0.2) is 30.3 Å². The van der Waals surface area contributed by atoms with Gasteiger partial charge in [-0.2, -0.15) is 0 Å². The lowest BCUT2D eigenvalue weighted by Crippen LogP contribution is -2.20. The quantitative estimate of drug-likeness (QED) is 0.748. The Balaban J connectivity index is 1.92. The summed E-state index contributed by atoms with van der Waals surface area (Å²) in [6.45, 7) is 1.15. The number of rotatable bonds is 1. The minimum Gasteiger partial charge on any atom is -0.357 e. The summed E-state index contributed by atoms with van der Waals surface area (Å²) in [6, 6.07) is 11.3. The van der Waals surface area contributed by atoms with Crippen LogP contribution >= 0.6 is 0 Å². The number of hydrogen-bond donors (Lipinski definition) is 2. The Labute approximate surface area is 96.1 Å². The number of hydrogen-bond acceptors (Lipinski definition) is 1. The lowest BCUT2D eigenvalue weighted by Gasteiger charge is -2.13. The highest BCUT2D eigenvalue weighted by atomic mass is 14.9. The van der Waals surface area contributed by atoms with Gasteiger partial charge in [0.1, 0.15) is 0 Å². The highest BCUT2D eigenvalue weighted by molar-refractivity contribution is 5.80. The molecule has 1 unspecified atom stereocenters. The fourth-order valence-electron chi connectivity index (χ4n) is 2.58. The molecule has 1 saturated heterocycles. The summed E-state index contributed by atoms with van der Waals surface area (Å²) in [4.78, 5) is 3.53.